The molecule has 0 aliphatic carbocycles. The summed E-state index contributed by atoms with van der Waals surface area (Å²) in [5.41, 5.74) is 0.648. The van der Waals surface area contributed by atoms with Crippen LogP contribution in [0.1, 0.15) is 5.56 Å². The van der Waals surface area contributed by atoms with Crippen LogP contribution in [-0.2, 0) is 9.84 Å². The average molecular weight is 199 g/mol. The molecular formula is C8H9NO3S. The van der Waals surface area contributed by atoms with E-state index < -0.39 is 9.84 Å². The van der Waals surface area contributed by atoms with Gasteiger partial charge in [0.05, 0.1) is 11.1 Å². The van der Waals surface area contributed by atoms with Gasteiger partial charge in [-0.15, -0.1) is 0 Å². The van der Waals surface area contributed by atoms with Crippen LogP contribution >= 0.6 is 0 Å². The number of sulfone groups is 1. The minimum atomic E-state index is -3.14. The number of oxime groups is 1. The minimum absolute atomic E-state index is 0.252. The predicted octanol–water partition coefficient (Wildman–Crippen LogP) is 0.898. The molecule has 0 fully saturated rings. The first-order chi connectivity index (χ1) is 6.04. The van der Waals surface area contributed by atoms with Crippen molar-refractivity contribution in [1.82, 2.24) is 0 Å². The molecule has 0 atom stereocenters. The third-order valence-electron chi connectivity index (χ3n) is 1.52. The molecule has 0 aromatic heterocycles. The Morgan fingerprint density at radius 2 is 1.85 bits per heavy atom. The summed E-state index contributed by atoms with van der Waals surface area (Å²) in [6, 6.07) is 6.06. The predicted molar refractivity (Wildman–Crippen MR) is 48.9 cm³/mol. The molecule has 0 radical (unpaired) electrons. The standard InChI is InChI=1S/C8H9NO3S/c1-13(11,12)8-4-2-7(3-5-8)6-9-10/h2-6,10H,1H3/b9-6+. The maximum Gasteiger partial charge on any atom is 0.175 e. The van der Waals surface area contributed by atoms with Crippen LogP contribution in [0.3, 0.4) is 0 Å². The SMILES string of the molecule is CS(=O)(=O)c1ccc(/C=N/O)cc1. The number of rotatable bonds is 2. The van der Waals surface area contributed by atoms with E-state index in [1.165, 1.54) is 18.3 Å². The fraction of sp³-hybridized carbons (Fsp3) is 0.125. The van der Waals surface area contributed by atoms with Gasteiger partial charge in [-0.25, -0.2) is 8.42 Å². The Balaban J connectivity index is 3.08. The fourth-order valence-corrected chi connectivity index (χ4v) is 1.50. The lowest BCUT2D eigenvalue weighted by atomic mass is 10.2. The van der Waals surface area contributed by atoms with E-state index in [9.17, 15) is 8.42 Å². The lowest BCUT2D eigenvalue weighted by molar-refractivity contribution is 0.322. The van der Waals surface area contributed by atoms with E-state index in [2.05, 4.69) is 5.16 Å². The summed E-state index contributed by atoms with van der Waals surface area (Å²) < 4.78 is 22.0. The zero-order valence-electron chi connectivity index (χ0n) is 7.01. The second kappa shape index (κ2) is 3.57. The van der Waals surface area contributed by atoms with Crippen molar-refractivity contribution in [2.75, 3.05) is 6.26 Å². The van der Waals surface area contributed by atoms with E-state index >= 15 is 0 Å². The van der Waals surface area contributed by atoms with E-state index in [0.717, 1.165) is 6.26 Å². The Hall–Kier alpha value is -1.36. The highest BCUT2D eigenvalue weighted by atomic mass is 32.2. The maximum atomic E-state index is 11.0. The van der Waals surface area contributed by atoms with Crippen molar-refractivity contribution in [2.24, 2.45) is 5.16 Å². The van der Waals surface area contributed by atoms with Gasteiger partial charge in [0, 0.05) is 6.26 Å². The van der Waals surface area contributed by atoms with Crippen LogP contribution in [0.15, 0.2) is 34.3 Å². The van der Waals surface area contributed by atoms with Gasteiger partial charge in [0.15, 0.2) is 9.84 Å². The Kier molecular flexibility index (Phi) is 2.67. The minimum Gasteiger partial charge on any atom is -0.411 e. The molecular weight excluding hydrogens is 190 g/mol. The molecule has 0 saturated heterocycles. The topological polar surface area (TPSA) is 66.7 Å². The van der Waals surface area contributed by atoms with Crippen molar-refractivity contribution < 1.29 is 13.6 Å². The van der Waals surface area contributed by atoms with Gasteiger partial charge in [-0.1, -0.05) is 17.3 Å². The zero-order valence-corrected chi connectivity index (χ0v) is 7.82. The van der Waals surface area contributed by atoms with Crippen LogP contribution in [-0.4, -0.2) is 26.1 Å². The summed E-state index contributed by atoms with van der Waals surface area (Å²) in [6.45, 7) is 0. The van der Waals surface area contributed by atoms with E-state index in [1.807, 2.05) is 0 Å². The highest BCUT2D eigenvalue weighted by Gasteiger charge is 2.04. The molecule has 0 aliphatic heterocycles. The molecule has 1 aromatic carbocycles. The normalized spacial score (nSPS) is 12.1. The van der Waals surface area contributed by atoms with Crippen molar-refractivity contribution in [1.29, 1.82) is 0 Å². The lowest BCUT2D eigenvalue weighted by Crippen LogP contribution is -1.96. The molecule has 0 amide bonds. The van der Waals surface area contributed by atoms with Crippen molar-refractivity contribution in [3.8, 4) is 0 Å². The molecule has 0 saturated carbocycles. The highest BCUT2D eigenvalue weighted by molar-refractivity contribution is 7.90. The molecule has 13 heavy (non-hydrogen) atoms. The van der Waals surface area contributed by atoms with Crippen molar-refractivity contribution in [3.63, 3.8) is 0 Å². The van der Waals surface area contributed by atoms with E-state index in [1.54, 1.807) is 12.1 Å². The van der Waals surface area contributed by atoms with E-state index in [-0.39, 0.29) is 4.90 Å². The van der Waals surface area contributed by atoms with Gasteiger partial charge >= 0.3 is 0 Å². The van der Waals surface area contributed by atoms with E-state index in [4.69, 9.17) is 5.21 Å². The Bertz CT molecular complexity index is 406. The van der Waals surface area contributed by atoms with Crippen molar-refractivity contribution in [2.45, 2.75) is 4.90 Å². The van der Waals surface area contributed by atoms with Crippen LogP contribution in [0.25, 0.3) is 0 Å². The summed E-state index contributed by atoms with van der Waals surface area (Å²) in [7, 11) is -3.14. The highest BCUT2D eigenvalue weighted by Crippen LogP contribution is 2.08. The summed E-state index contributed by atoms with van der Waals surface area (Å²) in [4.78, 5) is 0.252. The molecule has 0 heterocycles. The summed E-state index contributed by atoms with van der Waals surface area (Å²) >= 11 is 0. The maximum absolute atomic E-state index is 11.0. The van der Waals surface area contributed by atoms with Gasteiger partial charge in [-0.2, -0.15) is 0 Å². The van der Waals surface area contributed by atoms with Gasteiger partial charge in [0.1, 0.15) is 0 Å². The van der Waals surface area contributed by atoms with E-state index in [0.29, 0.717) is 5.56 Å². The Morgan fingerprint density at radius 3 is 2.23 bits per heavy atom. The molecule has 1 N–H and O–H groups in total. The third kappa shape index (κ3) is 2.55. The summed E-state index contributed by atoms with van der Waals surface area (Å²) in [6.07, 6.45) is 2.37. The van der Waals surface area contributed by atoms with Crippen molar-refractivity contribution >= 4 is 16.1 Å². The largest absolute Gasteiger partial charge is 0.411 e. The molecule has 0 bridgehead atoms. The Morgan fingerprint density at radius 1 is 1.31 bits per heavy atom. The number of hydrogen-bond donors (Lipinski definition) is 1. The molecule has 1 aromatic rings. The van der Waals surface area contributed by atoms with Gasteiger partial charge in [-0.3, -0.25) is 0 Å². The number of benzene rings is 1. The summed E-state index contributed by atoms with van der Waals surface area (Å²) in [5.74, 6) is 0. The van der Waals surface area contributed by atoms with Gasteiger partial charge in [-0.05, 0) is 17.7 Å². The second-order valence-corrected chi connectivity index (χ2v) is 4.60. The fourth-order valence-electron chi connectivity index (χ4n) is 0.868. The first-order valence-corrected chi connectivity index (χ1v) is 5.41. The third-order valence-corrected chi connectivity index (χ3v) is 2.64. The zero-order chi connectivity index (χ0) is 9.90. The molecule has 70 valence electrons. The van der Waals surface area contributed by atoms with Gasteiger partial charge in [0.2, 0.25) is 0 Å². The van der Waals surface area contributed by atoms with Gasteiger partial charge in [0.25, 0.3) is 0 Å². The first kappa shape index (κ1) is 9.73. The molecule has 5 heteroatoms. The smallest absolute Gasteiger partial charge is 0.175 e. The molecule has 1 rings (SSSR count). The van der Waals surface area contributed by atoms with Gasteiger partial charge < -0.3 is 5.21 Å². The second-order valence-electron chi connectivity index (χ2n) is 2.59. The van der Waals surface area contributed by atoms with Crippen LogP contribution in [0, 0.1) is 0 Å². The Labute approximate surface area is 76.4 Å². The van der Waals surface area contributed by atoms with Crippen LogP contribution in [0.4, 0.5) is 0 Å². The number of nitrogens with zero attached hydrogens (tertiary/aromatic N) is 1. The molecule has 4 nitrogen and oxygen atoms in total. The molecule has 0 aliphatic rings. The number of hydrogen-bond acceptors (Lipinski definition) is 4. The first-order valence-electron chi connectivity index (χ1n) is 3.51. The quantitative estimate of drug-likeness (QED) is 0.437. The average Bonchev–Trinajstić information content (AvgIpc) is 2.04. The van der Waals surface area contributed by atoms with Crippen LogP contribution in [0.5, 0.6) is 0 Å². The van der Waals surface area contributed by atoms with Crippen LogP contribution in [0.2, 0.25) is 0 Å². The van der Waals surface area contributed by atoms with Crippen molar-refractivity contribution in [3.05, 3.63) is 29.8 Å². The summed E-state index contributed by atoms with van der Waals surface area (Å²) in [5, 5.41) is 11.0. The molecule has 0 spiro atoms. The monoisotopic (exact) mass is 199 g/mol. The molecule has 0 unspecified atom stereocenters. The van der Waals surface area contributed by atoms with Crippen LogP contribution < -0.4 is 0 Å². The lowest BCUT2D eigenvalue weighted by Gasteiger charge is -1.97.